The summed E-state index contributed by atoms with van der Waals surface area (Å²) in [6, 6.07) is 11.3. The summed E-state index contributed by atoms with van der Waals surface area (Å²) in [5.74, 6) is -0.564. The van der Waals surface area contributed by atoms with Crippen LogP contribution in [0, 0.1) is 11.6 Å². The number of pyridine rings is 1. The summed E-state index contributed by atoms with van der Waals surface area (Å²) in [6.45, 7) is 0. The maximum Gasteiger partial charge on any atom is 0.245 e. The van der Waals surface area contributed by atoms with Crippen LogP contribution in [0.5, 0.6) is 0 Å². The highest BCUT2D eigenvalue weighted by Gasteiger charge is 2.31. The third-order valence-corrected chi connectivity index (χ3v) is 7.05. The van der Waals surface area contributed by atoms with E-state index in [-0.39, 0.29) is 22.3 Å². The standard InChI is InChI=1S/C28H23ClF2N7O/c1-39-38-15-18(26-25(37-16-32-35-36-37)12-9-21(29)27(26)31)7-11-24(38)20(13-17-5-3-2-4-6-17)28-33-22-10-8-19(30)14-23(22)34-28/h3,5-12,14-16,20H,2,4,13H2,1H3,(H,33,34)/q+1/t20-/m1/s1. The van der Waals surface area contributed by atoms with Crippen molar-refractivity contribution in [2.24, 2.45) is 0 Å². The van der Waals surface area contributed by atoms with Crippen molar-refractivity contribution in [1.29, 1.82) is 0 Å². The van der Waals surface area contributed by atoms with Crippen LogP contribution in [-0.4, -0.2) is 37.3 Å². The molecular weight excluding hydrogens is 524 g/mol. The largest absolute Gasteiger partial charge is 0.341 e. The van der Waals surface area contributed by atoms with Gasteiger partial charge in [0.2, 0.25) is 11.9 Å². The zero-order chi connectivity index (χ0) is 26.9. The maximum absolute atomic E-state index is 15.4. The van der Waals surface area contributed by atoms with Gasteiger partial charge in [-0.15, -0.1) is 5.10 Å². The van der Waals surface area contributed by atoms with Crippen LogP contribution in [0.3, 0.4) is 0 Å². The third kappa shape index (κ3) is 4.79. The summed E-state index contributed by atoms with van der Waals surface area (Å²) in [5, 5.41) is 11.2. The van der Waals surface area contributed by atoms with Gasteiger partial charge in [-0.25, -0.2) is 13.8 Å². The molecular formula is C28H23ClF2N7O+. The first kappa shape index (κ1) is 24.9. The number of nitrogens with zero attached hydrogens (tertiary/aromatic N) is 6. The SMILES string of the molecule is CO[n+]1cc(-c2c(-n3cnnn3)ccc(Cl)c2F)ccc1[C@@H](CC1=CCCC=C1)c1nc2cc(F)ccc2[nH]1. The lowest BCUT2D eigenvalue weighted by Gasteiger charge is -2.16. The first-order valence-corrected chi connectivity index (χ1v) is 12.7. The lowest BCUT2D eigenvalue weighted by atomic mass is 9.91. The molecule has 0 aliphatic heterocycles. The van der Waals surface area contributed by atoms with Crippen LogP contribution in [0.4, 0.5) is 8.78 Å². The summed E-state index contributed by atoms with van der Waals surface area (Å²) < 4.78 is 32.3. The Balaban J connectivity index is 1.49. The highest BCUT2D eigenvalue weighted by atomic mass is 35.5. The molecule has 0 unspecified atom stereocenters. The number of fused-ring (bicyclic) bond motifs is 1. The number of rotatable bonds is 7. The van der Waals surface area contributed by atoms with Gasteiger partial charge in [-0.2, -0.15) is 4.68 Å². The van der Waals surface area contributed by atoms with Crippen LogP contribution in [-0.2, 0) is 0 Å². The van der Waals surface area contributed by atoms with Crippen LogP contribution in [0.25, 0.3) is 27.8 Å². The molecule has 8 nitrogen and oxygen atoms in total. The Kier molecular flexibility index (Phi) is 6.62. The number of aromatic amines is 1. The van der Waals surface area contributed by atoms with E-state index < -0.39 is 5.82 Å². The van der Waals surface area contributed by atoms with Crippen molar-refractivity contribution in [3.63, 3.8) is 0 Å². The van der Waals surface area contributed by atoms with E-state index in [0.29, 0.717) is 29.0 Å². The summed E-state index contributed by atoms with van der Waals surface area (Å²) in [6.07, 6.45) is 12.1. The third-order valence-electron chi connectivity index (χ3n) is 6.76. The lowest BCUT2D eigenvalue weighted by Crippen LogP contribution is -2.45. The zero-order valence-corrected chi connectivity index (χ0v) is 21.6. The molecule has 0 spiro atoms. The van der Waals surface area contributed by atoms with Gasteiger partial charge in [0, 0.05) is 16.9 Å². The normalized spacial score (nSPS) is 14.0. The number of aromatic nitrogens is 7. The second-order valence-corrected chi connectivity index (χ2v) is 9.57. The fraction of sp³-hybridized carbons (Fsp3) is 0.179. The molecule has 1 aliphatic rings. The number of hydrogen-bond donors (Lipinski definition) is 1. The van der Waals surface area contributed by atoms with Gasteiger partial charge >= 0.3 is 0 Å². The monoisotopic (exact) mass is 546 g/mol. The predicted molar refractivity (Wildman–Crippen MR) is 141 cm³/mol. The molecule has 3 heterocycles. The van der Waals surface area contributed by atoms with E-state index in [1.54, 1.807) is 29.1 Å². The minimum atomic E-state index is -0.603. The molecule has 0 saturated heterocycles. The molecule has 2 aromatic carbocycles. The predicted octanol–water partition coefficient (Wildman–Crippen LogP) is 5.28. The van der Waals surface area contributed by atoms with E-state index in [0.717, 1.165) is 29.6 Å². The number of nitrogens with one attached hydrogen (secondary N) is 1. The van der Waals surface area contributed by atoms with Crippen molar-refractivity contribution >= 4 is 22.6 Å². The van der Waals surface area contributed by atoms with Crippen LogP contribution in [0.1, 0.15) is 36.7 Å². The smallest absolute Gasteiger partial charge is 0.245 e. The van der Waals surface area contributed by atoms with Gasteiger partial charge in [0.05, 0.1) is 32.9 Å². The Morgan fingerprint density at radius 2 is 2.05 bits per heavy atom. The number of H-pyrrole nitrogens is 1. The van der Waals surface area contributed by atoms with E-state index in [4.69, 9.17) is 21.4 Å². The van der Waals surface area contributed by atoms with Gasteiger partial charge in [-0.1, -0.05) is 35.4 Å². The molecule has 6 rings (SSSR count). The van der Waals surface area contributed by atoms with Crippen molar-refractivity contribution < 1.29 is 18.3 Å². The van der Waals surface area contributed by atoms with E-state index in [1.165, 1.54) is 36.3 Å². The van der Waals surface area contributed by atoms with Crippen molar-refractivity contribution in [2.45, 2.75) is 25.2 Å². The fourth-order valence-electron chi connectivity index (χ4n) is 4.91. The Hall–Kier alpha value is -4.44. The van der Waals surface area contributed by atoms with Gasteiger partial charge in [0.1, 0.15) is 31.0 Å². The zero-order valence-electron chi connectivity index (χ0n) is 20.9. The molecule has 196 valence electrons. The molecule has 0 radical (unpaired) electrons. The molecule has 0 amide bonds. The summed E-state index contributed by atoms with van der Waals surface area (Å²) >= 11 is 6.17. The van der Waals surface area contributed by atoms with Gasteiger partial charge in [-0.3, -0.25) is 4.84 Å². The molecule has 11 heteroatoms. The Labute approximate surface area is 227 Å². The topological polar surface area (TPSA) is 85.4 Å². The van der Waals surface area contributed by atoms with Crippen molar-refractivity contribution in [3.05, 3.63) is 107 Å². The van der Waals surface area contributed by atoms with Crippen LogP contribution < -0.4 is 9.57 Å². The van der Waals surface area contributed by atoms with Crippen molar-refractivity contribution in [2.75, 3.05) is 7.11 Å². The van der Waals surface area contributed by atoms with E-state index in [9.17, 15) is 4.39 Å². The van der Waals surface area contributed by atoms with Gasteiger partial charge in [0.25, 0.3) is 0 Å². The molecule has 0 fully saturated rings. The first-order chi connectivity index (χ1) is 19.0. The van der Waals surface area contributed by atoms with E-state index >= 15 is 4.39 Å². The Morgan fingerprint density at radius 1 is 1.15 bits per heavy atom. The average Bonchev–Trinajstić information content (AvgIpc) is 3.64. The van der Waals surface area contributed by atoms with Gasteiger partial charge in [-0.05, 0) is 60.0 Å². The first-order valence-electron chi connectivity index (χ1n) is 12.3. The molecule has 5 aromatic rings. The number of benzene rings is 2. The molecule has 1 atom stereocenters. The quantitative estimate of drug-likeness (QED) is 0.281. The summed E-state index contributed by atoms with van der Waals surface area (Å²) in [7, 11) is 1.54. The van der Waals surface area contributed by atoms with Crippen LogP contribution in [0.15, 0.2) is 78.8 Å². The highest BCUT2D eigenvalue weighted by Crippen LogP contribution is 2.35. The Bertz CT molecular complexity index is 1730. The molecule has 0 bridgehead atoms. The fourth-order valence-corrected chi connectivity index (χ4v) is 5.06. The number of imidazole rings is 1. The summed E-state index contributed by atoms with van der Waals surface area (Å²) in [4.78, 5) is 13.8. The number of halogens is 3. The lowest BCUT2D eigenvalue weighted by molar-refractivity contribution is -0.890. The number of allylic oxidation sites excluding steroid dienone is 4. The molecule has 39 heavy (non-hydrogen) atoms. The molecule has 1 aliphatic carbocycles. The second-order valence-electron chi connectivity index (χ2n) is 9.16. The van der Waals surface area contributed by atoms with Gasteiger partial charge < -0.3 is 4.98 Å². The summed E-state index contributed by atoms with van der Waals surface area (Å²) in [5.41, 5.74) is 4.35. The van der Waals surface area contributed by atoms with Crippen LogP contribution >= 0.6 is 11.6 Å². The van der Waals surface area contributed by atoms with E-state index in [2.05, 4.69) is 38.7 Å². The van der Waals surface area contributed by atoms with E-state index in [1.807, 2.05) is 6.07 Å². The van der Waals surface area contributed by atoms with Gasteiger partial charge in [0.15, 0.2) is 5.82 Å². The van der Waals surface area contributed by atoms with Crippen molar-refractivity contribution in [3.8, 4) is 16.8 Å². The Morgan fingerprint density at radius 3 is 2.82 bits per heavy atom. The number of hydrogen-bond acceptors (Lipinski definition) is 5. The minimum Gasteiger partial charge on any atom is -0.341 e. The second kappa shape index (κ2) is 10.4. The number of tetrazole rings is 1. The molecule has 0 saturated carbocycles. The van der Waals surface area contributed by atoms with Crippen molar-refractivity contribution in [1.82, 2.24) is 30.2 Å². The highest BCUT2D eigenvalue weighted by molar-refractivity contribution is 6.31. The molecule has 3 aromatic heterocycles. The average molecular weight is 547 g/mol. The molecule has 1 N–H and O–H groups in total. The maximum atomic E-state index is 15.4. The van der Waals surface area contributed by atoms with Crippen LogP contribution in [0.2, 0.25) is 5.02 Å². The minimum absolute atomic E-state index is 0.0294.